The molecule has 1 rings (SSSR count). The highest BCUT2D eigenvalue weighted by Gasteiger charge is 2.15. The summed E-state index contributed by atoms with van der Waals surface area (Å²) in [5, 5.41) is 3.40. The van der Waals surface area contributed by atoms with E-state index in [4.69, 9.17) is 4.74 Å². The standard InChI is InChI=1S/C14H21BrFNO/c1-3-8-17-14(5-4-9-18-2)12-10-11(15)6-7-13(12)16/h6-7,10,14,17H,3-5,8-9H2,1-2H3. The molecule has 0 fully saturated rings. The van der Waals surface area contributed by atoms with Gasteiger partial charge in [-0.1, -0.05) is 22.9 Å². The van der Waals surface area contributed by atoms with Gasteiger partial charge in [0.1, 0.15) is 5.82 Å². The molecule has 4 heteroatoms. The molecule has 0 aliphatic rings. The number of methoxy groups -OCH3 is 1. The summed E-state index contributed by atoms with van der Waals surface area (Å²) in [6.45, 7) is 3.71. The smallest absolute Gasteiger partial charge is 0.128 e. The van der Waals surface area contributed by atoms with E-state index in [9.17, 15) is 4.39 Å². The highest BCUT2D eigenvalue weighted by atomic mass is 79.9. The zero-order valence-electron chi connectivity index (χ0n) is 11.0. The number of hydrogen-bond donors (Lipinski definition) is 1. The molecule has 0 radical (unpaired) electrons. The molecule has 1 N–H and O–H groups in total. The van der Waals surface area contributed by atoms with Crippen molar-refractivity contribution in [3.8, 4) is 0 Å². The Kier molecular flexibility index (Phi) is 7.47. The van der Waals surface area contributed by atoms with Crippen LogP contribution in [0.5, 0.6) is 0 Å². The van der Waals surface area contributed by atoms with E-state index in [1.807, 2.05) is 6.07 Å². The van der Waals surface area contributed by atoms with Crippen LogP contribution in [-0.2, 0) is 4.74 Å². The maximum atomic E-state index is 13.9. The number of benzene rings is 1. The lowest BCUT2D eigenvalue weighted by Crippen LogP contribution is -2.23. The molecular formula is C14H21BrFNO. The van der Waals surface area contributed by atoms with Crippen LogP contribution in [0, 0.1) is 5.82 Å². The molecule has 0 heterocycles. The Bertz CT molecular complexity index is 360. The molecule has 0 spiro atoms. The zero-order valence-corrected chi connectivity index (χ0v) is 12.6. The van der Waals surface area contributed by atoms with Crippen molar-refractivity contribution < 1.29 is 9.13 Å². The molecule has 1 unspecified atom stereocenters. The van der Waals surface area contributed by atoms with Gasteiger partial charge in [-0.05, 0) is 44.0 Å². The van der Waals surface area contributed by atoms with Crippen molar-refractivity contribution in [2.45, 2.75) is 32.2 Å². The van der Waals surface area contributed by atoms with E-state index < -0.39 is 0 Å². The first-order chi connectivity index (χ1) is 8.69. The quantitative estimate of drug-likeness (QED) is 0.730. The van der Waals surface area contributed by atoms with Crippen molar-refractivity contribution in [2.24, 2.45) is 0 Å². The van der Waals surface area contributed by atoms with Crippen LogP contribution >= 0.6 is 15.9 Å². The fraction of sp³-hybridized carbons (Fsp3) is 0.571. The average Bonchev–Trinajstić information content (AvgIpc) is 2.37. The molecule has 0 aromatic heterocycles. The minimum atomic E-state index is -0.149. The van der Waals surface area contributed by atoms with Crippen LogP contribution in [0.3, 0.4) is 0 Å². The number of rotatable bonds is 8. The normalized spacial score (nSPS) is 12.7. The number of nitrogens with one attached hydrogen (secondary N) is 1. The van der Waals surface area contributed by atoms with E-state index in [1.54, 1.807) is 13.2 Å². The van der Waals surface area contributed by atoms with Gasteiger partial charge in [-0.2, -0.15) is 0 Å². The molecule has 0 saturated carbocycles. The molecule has 2 nitrogen and oxygen atoms in total. The van der Waals surface area contributed by atoms with Gasteiger partial charge in [-0.15, -0.1) is 0 Å². The van der Waals surface area contributed by atoms with E-state index in [2.05, 4.69) is 28.2 Å². The Morgan fingerprint density at radius 3 is 2.89 bits per heavy atom. The van der Waals surface area contributed by atoms with E-state index in [0.29, 0.717) is 6.61 Å². The minimum Gasteiger partial charge on any atom is -0.385 e. The predicted octanol–water partition coefficient (Wildman–Crippen LogP) is 4.06. The van der Waals surface area contributed by atoms with E-state index in [-0.39, 0.29) is 11.9 Å². The van der Waals surface area contributed by atoms with Crippen molar-refractivity contribution in [2.75, 3.05) is 20.3 Å². The first-order valence-electron chi connectivity index (χ1n) is 6.36. The fourth-order valence-corrected chi connectivity index (χ4v) is 2.28. The Hall–Kier alpha value is -0.450. The molecule has 0 amide bonds. The largest absolute Gasteiger partial charge is 0.385 e. The lowest BCUT2D eigenvalue weighted by Gasteiger charge is -2.19. The monoisotopic (exact) mass is 317 g/mol. The van der Waals surface area contributed by atoms with Gasteiger partial charge in [0.2, 0.25) is 0 Å². The van der Waals surface area contributed by atoms with Crippen molar-refractivity contribution in [1.82, 2.24) is 5.32 Å². The molecule has 18 heavy (non-hydrogen) atoms. The maximum Gasteiger partial charge on any atom is 0.128 e. The van der Waals surface area contributed by atoms with Gasteiger partial charge in [0, 0.05) is 29.8 Å². The Labute approximate surface area is 117 Å². The van der Waals surface area contributed by atoms with Crippen molar-refractivity contribution in [3.63, 3.8) is 0 Å². The second kappa shape index (κ2) is 8.62. The SMILES string of the molecule is CCCNC(CCCOC)c1cc(Br)ccc1F. The highest BCUT2D eigenvalue weighted by Crippen LogP contribution is 2.25. The summed E-state index contributed by atoms with van der Waals surface area (Å²) in [6, 6.07) is 5.15. The topological polar surface area (TPSA) is 21.3 Å². The van der Waals surface area contributed by atoms with Crippen molar-refractivity contribution in [1.29, 1.82) is 0 Å². The predicted molar refractivity (Wildman–Crippen MR) is 76.2 cm³/mol. The first kappa shape index (κ1) is 15.6. The summed E-state index contributed by atoms with van der Waals surface area (Å²) < 4.78 is 19.8. The molecule has 102 valence electrons. The van der Waals surface area contributed by atoms with E-state index >= 15 is 0 Å². The Morgan fingerprint density at radius 1 is 1.44 bits per heavy atom. The lowest BCUT2D eigenvalue weighted by molar-refractivity contribution is 0.188. The molecular weight excluding hydrogens is 297 g/mol. The maximum absolute atomic E-state index is 13.9. The third kappa shape index (κ3) is 5.04. The van der Waals surface area contributed by atoms with Gasteiger partial charge in [0.05, 0.1) is 0 Å². The van der Waals surface area contributed by atoms with Crippen LogP contribution in [0.4, 0.5) is 4.39 Å². The van der Waals surface area contributed by atoms with Crippen LogP contribution in [0.15, 0.2) is 22.7 Å². The summed E-state index contributed by atoms with van der Waals surface area (Å²) in [7, 11) is 1.69. The summed E-state index contributed by atoms with van der Waals surface area (Å²) in [5.41, 5.74) is 0.730. The average molecular weight is 318 g/mol. The summed E-state index contributed by atoms with van der Waals surface area (Å²) in [5.74, 6) is -0.149. The minimum absolute atomic E-state index is 0.0533. The van der Waals surface area contributed by atoms with Crippen molar-refractivity contribution >= 4 is 15.9 Å². The lowest BCUT2D eigenvalue weighted by atomic mass is 10.0. The van der Waals surface area contributed by atoms with Gasteiger partial charge in [0.25, 0.3) is 0 Å². The molecule has 0 aliphatic carbocycles. The summed E-state index contributed by atoms with van der Waals surface area (Å²) in [4.78, 5) is 0. The Balaban J connectivity index is 2.75. The van der Waals surface area contributed by atoms with Gasteiger partial charge in [-0.25, -0.2) is 4.39 Å². The van der Waals surface area contributed by atoms with Crippen LogP contribution < -0.4 is 5.32 Å². The number of halogens is 2. The Morgan fingerprint density at radius 2 is 2.22 bits per heavy atom. The third-order valence-electron chi connectivity index (χ3n) is 2.82. The van der Waals surface area contributed by atoms with Gasteiger partial charge >= 0.3 is 0 Å². The molecule has 1 aromatic rings. The molecule has 1 aromatic carbocycles. The van der Waals surface area contributed by atoms with E-state index in [0.717, 1.165) is 35.8 Å². The van der Waals surface area contributed by atoms with Gasteiger partial charge < -0.3 is 10.1 Å². The molecule has 0 aliphatic heterocycles. The van der Waals surface area contributed by atoms with Crippen LogP contribution in [0.25, 0.3) is 0 Å². The third-order valence-corrected chi connectivity index (χ3v) is 3.31. The number of hydrogen-bond acceptors (Lipinski definition) is 2. The van der Waals surface area contributed by atoms with Gasteiger partial charge in [-0.3, -0.25) is 0 Å². The highest BCUT2D eigenvalue weighted by molar-refractivity contribution is 9.10. The first-order valence-corrected chi connectivity index (χ1v) is 7.15. The van der Waals surface area contributed by atoms with Crippen LogP contribution in [-0.4, -0.2) is 20.3 Å². The van der Waals surface area contributed by atoms with Crippen molar-refractivity contribution in [3.05, 3.63) is 34.1 Å². The van der Waals surface area contributed by atoms with Crippen LogP contribution in [0.2, 0.25) is 0 Å². The zero-order chi connectivity index (χ0) is 13.4. The van der Waals surface area contributed by atoms with Crippen LogP contribution in [0.1, 0.15) is 37.8 Å². The van der Waals surface area contributed by atoms with E-state index in [1.165, 1.54) is 6.07 Å². The fourth-order valence-electron chi connectivity index (χ4n) is 1.90. The summed E-state index contributed by atoms with van der Waals surface area (Å²) >= 11 is 3.40. The second-order valence-corrected chi connectivity index (χ2v) is 5.22. The second-order valence-electron chi connectivity index (χ2n) is 4.31. The molecule has 0 bridgehead atoms. The van der Waals surface area contributed by atoms with Gasteiger partial charge in [0.15, 0.2) is 0 Å². The number of ether oxygens (including phenoxy) is 1. The molecule has 1 atom stereocenters. The molecule has 0 saturated heterocycles. The summed E-state index contributed by atoms with van der Waals surface area (Å²) in [6.07, 6.45) is 2.83.